The first-order valence-electron chi connectivity index (χ1n) is 14.6. The van der Waals surface area contributed by atoms with E-state index in [1.54, 1.807) is 6.08 Å². The first kappa shape index (κ1) is 31.1. The lowest BCUT2D eigenvalue weighted by molar-refractivity contribution is -0.129. The number of benzene rings is 1. The van der Waals surface area contributed by atoms with Crippen LogP contribution < -0.4 is 15.2 Å². The number of aromatic amines is 1. The van der Waals surface area contributed by atoms with Gasteiger partial charge in [-0.15, -0.1) is 0 Å². The summed E-state index contributed by atoms with van der Waals surface area (Å²) in [6.45, 7) is 2.99. The van der Waals surface area contributed by atoms with Crippen molar-refractivity contribution in [2.45, 2.75) is 110 Å². The van der Waals surface area contributed by atoms with Crippen molar-refractivity contribution < 1.29 is 19.1 Å². The number of ether oxygens (including phenoxy) is 2. The molecule has 0 saturated heterocycles. The molecule has 2 aromatic rings. The van der Waals surface area contributed by atoms with Gasteiger partial charge in [0.25, 0.3) is 11.8 Å². The SMILES string of the molecule is CCCCCCCCCCCCCCCCCCOc1ccc(/C=C/C(=O)Oc2nc[nH]c2C(N)=O)cc1. The molecule has 0 atom stereocenters. The third-order valence-electron chi connectivity index (χ3n) is 6.61. The van der Waals surface area contributed by atoms with E-state index in [0.717, 1.165) is 17.7 Å². The van der Waals surface area contributed by atoms with Gasteiger partial charge in [0, 0.05) is 6.08 Å². The largest absolute Gasteiger partial charge is 0.494 e. The van der Waals surface area contributed by atoms with E-state index in [1.807, 2.05) is 24.3 Å². The minimum atomic E-state index is -0.746. The smallest absolute Gasteiger partial charge is 0.337 e. The molecule has 3 N–H and O–H groups in total. The standard InChI is InChI=1S/C31H47N3O4/c1-2-3-4-5-6-7-8-9-10-11-12-13-14-15-16-17-24-37-27-21-18-26(19-22-27)20-23-28(35)38-31-29(30(32)36)33-25-34-31/h18-23,25H,2-17,24H2,1H3,(H2,32,36)(H,33,34)/b23-20+. The highest BCUT2D eigenvalue weighted by molar-refractivity contribution is 5.95. The Morgan fingerprint density at radius 2 is 1.34 bits per heavy atom. The quantitative estimate of drug-likeness (QED) is 0.0927. The van der Waals surface area contributed by atoms with Crippen molar-refractivity contribution >= 4 is 18.0 Å². The predicted octanol–water partition coefficient (Wildman–Crippen LogP) is 7.77. The number of rotatable bonds is 22. The number of imidazole rings is 1. The maximum atomic E-state index is 12.0. The van der Waals surface area contributed by atoms with Crippen molar-refractivity contribution in [3.8, 4) is 11.6 Å². The number of aromatic nitrogens is 2. The fourth-order valence-corrected chi connectivity index (χ4v) is 4.34. The summed E-state index contributed by atoms with van der Waals surface area (Å²) in [5, 5.41) is 0. The van der Waals surface area contributed by atoms with Gasteiger partial charge >= 0.3 is 5.97 Å². The topological polar surface area (TPSA) is 107 Å². The van der Waals surface area contributed by atoms with E-state index < -0.39 is 11.9 Å². The molecule has 1 amide bonds. The highest BCUT2D eigenvalue weighted by Crippen LogP contribution is 2.16. The van der Waals surface area contributed by atoms with Gasteiger partial charge in [-0.2, -0.15) is 0 Å². The molecular weight excluding hydrogens is 478 g/mol. The molecule has 7 heteroatoms. The van der Waals surface area contributed by atoms with Crippen LogP contribution in [0.5, 0.6) is 11.6 Å². The average molecular weight is 526 g/mol. The monoisotopic (exact) mass is 525 g/mol. The van der Waals surface area contributed by atoms with Crippen LogP contribution >= 0.6 is 0 Å². The molecule has 210 valence electrons. The summed E-state index contributed by atoms with van der Waals surface area (Å²) < 4.78 is 10.9. The van der Waals surface area contributed by atoms with Gasteiger partial charge in [-0.25, -0.2) is 9.78 Å². The average Bonchev–Trinajstić information content (AvgIpc) is 3.38. The molecule has 0 fully saturated rings. The number of H-pyrrole nitrogens is 1. The van der Waals surface area contributed by atoms with Crippen LogP contribution in [0.4, 0.5) is 0 Å². The number of nitrogens with two attached hydrogens (primary N) is 1. The predicted molar refractivity (Wildman–Crippen MR) is 153 cm³/mol. The lowest BCUT2D eigenvalue weighted by atomic mass is 10.0. The summed E-state index contributed by atoms with van der Waals surface area (Å²) in [6, 6.07) is 7.51. The lowest BCUT2D eigenvalue weighted by Crippen LogP contribution is -2.14. The van der Waals surface area contributed by atoms with E-state index >= 15 is 0 Å². The molecule has 0 saturated carbocycles. The molecular formula is C31H47N3O4. The van der Waals surface area contributed by atoms with Crippen molar-refractivity contribution in [2.75, 3.05) is 6.61 Å². The highest BCUT2D eigenvalue weighted by Gasteiger charge is 2.14. The van der Waals surface area contributed by atoms with Crippen molar-refractivity contribution in [3.63, 3.8) is 0 Å². The third-order valence-corrected chi connectivity index (χ3v) is 6.61. The van der Waals surface area contributed by atoms with Gasteiger partial charge in [-0.1, -0.05) is 115 Å². The summed E-state index contributed by atoms with van der Waals surface area (Å²) in [5.74, 6) is -0.717. The summed E-state index contributed by atoms with van der Waals surface area (Å²) in [4.78, 5) is 29.5. The minimum absolute atomic E-state index is 0.0439. The van der Waals surface area contributed by atoms with E-state index in [1.165, 1.54) is 109 Å². The van der Waals surface area contributed by atoms with E-state index in [0.29, 0.717) is 6.61 Å². The molecule has 0 radical (unpaired) electrons. The minimum Gasteiger partial charge on any atom is -0.494 e. The summed E-state index contributed by atoms with van der Waals surface area (Å²) in [6.07, 6.45) is 25.8. The molecule has 2 rings (SSSR count). The molecule has 0 aliphatic heterocycles. The molecule has 0 spiro atoms. The van der Waals surface area contributed by atoms with Crippen LogP contribution in [0, 0.1) is 0 Å². The van der Waals surface area contributed by atoms with E-state index in [2.05, 4.69) is 16.9 Å². The highest BCUT2D eigenvalue weighted by atomic mass is 16.5. The molecule has 1 aromatic carbocycles. The normalized spacial score (nSPS) is 11.2. The maximum Gasteiger partial charge on any atom is 0.337 e. The molecule has 7 nitrogen and oxygen atoms in total. The van der Waals surface area contributed by atoms with Gasteiger partial charge in [-0.3, -0.25) is 4.79 Å². The number of unbranched alkanes of at least 4 members (excludes halogenated alkanes) is 15. The Hall–Kier alpha value is -3.09. The third kappa shape index (κ3) is 14.0. The Labute approximate surface area is 228 Å². The molecule has 1 aromatic heterocycles. The summed E-state index contributed by atoms with van der Waals surface area (Å²) >= 11 is 0. The number of carbonyl (C=O) groups excluding carboxylic acids is 2. The molecule has 1 heterocycles. The first-order valence-corrected chi connectivity index (χ1v) is 14.6. The Bertz CT molecular complexity index is 937. The van der Waals surface area contributed by atoms with Crippen molar-refractivity contribution in [3.05, 3.63) is 47.9 Å². The van der Waals surface area contributed by atoms with E-state index in [-0.39, 0.29) is 11.6 Å². The maximum absolute atomic E-state index is 12.0. The van der Waals surface area contributed by atoms with Crippen LogP contribution in [0.1, 0.15) is 126 Å². The number of hydrogen-bond donors (Lipinski definition) is 2. The van der Waals surface area contributed by atoms with E-state index in [9.17, 15) is 9.59 Å². The molecule has 38 heavy (non-hydrogen) atoms. The molecule has 0 aliphatic rings. The Kier molecular flexibility index (Phi) is 16.3. The fourth-order valence-electron chi connectivity index (χ4n) is 4.34. The van der Waals surface area contributed by atoms with Crippen molar-refractivity contribution in [1.82, 2.24) is 9.97 Å². The molecule has 0 unspecified atom stereocenters. The van der Waals surface area contributed by atoms with Crippen molar-refractivity contribution in [2.24, 2.45) is 5.73 Å². The first-order chi connectivity index (χ1) is 18.6. The number of nitrogens with zero attached hydrogens (tertiary/aromatic N) is 1. The second-order valence-corrected chi connectivity index (χ2v) is 9.92. The van der Waals surface area contributed by atoms with Gasteiger partial charge in [0.05, 0.1) is 12.9 Å². The van der Waals surface area contributed by atoms with Crippen LogP contribution in [0.15, 0.2) is 36.7 Å². The van der Waals surface area contributed by atoms with Crippen molar-refractivity contribution in [1.29, 1.82) is 0 Å². The van der Waals surface area contributed by atoms with Crippen LogP contribution in [0.2, 0.25) is 0 Å². The molecule has 0 aliphatic carbocycles. The van der Waals surface area contributed by atoms with Crippen LogP contribution in [-0.4, -0.2) is 28.5 Å². The van der Waals surface area contributed by atoms with Gasteiger partial charge in [0.2, 0.25) is 0 Å². The Morgan fingerprint density at radius 1 is 0.816 bits per heavy atom. The van der Waals surface area contributed by atoms with Gasteiger partial charge < -0.3 is 20.2 Å². The lowest BCUT2D eigenvalue weighted by Gasteiger charge is -2.07. The number of esters is 1. The zero-order valence-electron chi connectivity index (χ0n) is 23.2. The zero-order chi connectivity index (χ0) is 27.3. The van der Waals surface area contributed by atoms with Crippen LogP contribution in [0.3, 0.4) is 0 Å². The fraction of sp³-hybridized carbons (Fsp3) is 0.581. The van der Waals surface area contributed by atoms with Crippen LogP contribution in [-0.2, 0) is 4.79 Å². The Morgan fingerprint density at radius 3 is 1.87 bits per heavy atom. The molecule has 0 bridgehead atoms. The van der Waals surface area contributed by atoms with Crippen LogP contribution in [0.25, 0.3) is 6.08 Å². The number of nitrogens with one attached hydrogen (secondary N) is 1. The second kappa shape index (κ2) is 19.9. The summed E-state index contributed by atoms with van der Waals surface area (Å²) in [7, 11) is 0. The number of primary amides is 1. The number of carbonyl (C=O) groups is 2. The number of hydrogen-bond acceptors (Lipinski definition) is 5. The summed E-state index contributed by atoms with van der Waals surface area (Å²) in [5.41, 5.74) is 5.97. The second-order valence-electron chi connectivity index (χ2n) is 9.92. The van der Waals surface area contributed by atoms with E-state index in [4.69, 9.17) is 15.2 Å². The number of amides is 1. The Balaban J connectivity index is 1.44. The van der Waals surface area contributed by atoms with Gasteiger partial charge in [-0.05, 0) is 30.2 Å². The van der Waals surface area contributed by atoms with Gasteiger partial charge in [0.15, 0.2) is 5.69 Å². The van der Waals surface area contributed by atoms with Gasteiger partial charge in [0.1, 0.15) is 5.75 Å². The zero-order valence-corrected chi connectivity index (χ0v) is 23.2.